The number of nitrogens with two attached hydrogens (primary N) is 1. The Balaban J connectivity index is 1.05. The Morgan fingerprint density at radius 2 is 1.56 bits per heavy atom. The normalized spacial score (nSPS) is 13.5. The Kier molecular flexibility index (Phi) is 16.3. The van der Waals surface area contributed by atoms with E-state index in [9.17, 15) is 27.6 Å². The summed E-state index contributed by atoms with van der Waals surface area (Å²) in [4.78, 5) is 58.7. The van der Waals surface area contributed by atoms with E-state index in [1.165, 1.54) is 14.2 Å². The minimum Gasteiger partial charge on any atom is -0.496 e. The van der Waals surface area contributed by atoms with Gasteiger partial charge < -0.3 is 51.2 Å². The van der Waals surface area contributed by atoms with Gasteiger partial charge in [-0.1, -0.05) is 45.0 Å². The highest BCUT2D eigenvalue weighted by Gasteiger charge is 2.24. The van der Waals surface area contributed by atoms with Crippen LogP contribution >= 0.6 is 0 Å². The number of carboxylic acids is 1. The van der Waals surface area contributed by atoms with Crippen molar-refractivity contribution in [3.05, 3.63) is 96.2 Å². The van der Waals surface area contributed by atoms with Crippen LogP contribution < -0.4 is 45.9 Å². The minimum absolute atomic E-state index is 0.0142. The number of nitrogens with one attached hydrogen (secondary N) is 5. The number of aliphatic carboxylic acids is 1. The number of pyridine rings is 1. The summed E-state index contributed by atoms with van der Waals surface area (Å²) in [6, 6.07) is 21.3. The molecule has 19 nitrogen and oxygen atoms in total. The number of anilines is 5. The molecule has 0 spiro atoms. The van der Waals surface area contributed by atoms with E-state index >= 15 is 0 Å². The Morgan fingerprint density at radius 1 is 0.853 bits per heavy atom. The lowest BCUT2D eigenvalue weighted by atomic mass is 9.86. The number of ether oxygens (including phenoxy) is 3. The fourth-order valence-electron chi connectivity index (χ4n) is 7.57. The second kappa shape index (κ2) is 22.1. The smallest absolute Gasteiger partial charge is 0.323 e. The summed E-state index contributed by atoms with van der Waals surface area (Å²) in [5.41, 5.74) is 7.86. The number of aromatic nitrogens is 1. The van der Waals surface area contributed by atoms with Gasteiger partial charge in [0, 0.05) is 80.5 Å². The number of methoxy groups -OCH3 is 2. The van der Waals surface area contributed by atoms with E-state index < -0.39 is 28.1 Å². The van der Waals surface area contributed by atoms with Gasteiger partial charge in [0.15, 0.2) is 5.75 Å². The largest absolute Gasteiger partial charge is 0.496 e. The second-order valence-corrected chi connectivity index (χ2v) is 19.0. The maximum absolute atomic E-state index is 13.6. The van der Waals surface area contributed by atoms with Crippen LogP contribution in [-0.4, -0.2) is 118 Å². The van der Waals surface area contributed by atoms with Crippen molar-refractivity contribution in [1.82, 2.24) is 20.1 Å². The van der Waals surface area contributed by atoms with Crippen LogP contribution in [0.3, 0.4) is 0 Å². The van der Waals surface area contributed by atoms with Gasteiger partial charge in [-0.05, 0) is 66.3 Å². The molecule has 8 N–H and O–H groups in total. The average molecular weight is 954 g/mol. The third-order valence-electron chi connectivity index (χ3n) is 11.2. The predicted molar refractivity (Wildman–Crippen MR) is 262 cm³/mol. The van der Waals surface area contributed by atoms with E-state index in [1.807, 2.05) is 45.0 Å². The molecule has 1 fully saturated rings. The molecule has 4 aromatic carbocycles. The van der Waals surface area contributed by atoms with Crippen molar-refractivity contribution in [1.29, 1.82) is 0 Å². The molecule has 1 atom stereocenters. The molecule has 0 aliphatic carbocycles. The standard InChI is InChI=1S/C48H59N9O10S/c1-48(2,3)30-26-38(44(66-5)39(27-30)55-68(6,63)64)54-47(62)53-37-16-17-40(34-11-8-7-10-33(34)37)67-32-18-19-50-42(29-32)52-31-14-15-35(41(28-31)65-4)45(59)51-20-21-56-22-24-57(25-23-56)43(58)13-9-12-36(49)46(60)61/h7-8,10-11,14-19,26-29,36,55H,9,12-13,20-25,49H2,1-6H3,(H,50,52)(H,51,59)(H,60,61)(H2,53,54,62)/t36-/m0/s1. The van der Waals surface area contributed by atoms with Crippen molar-refractivity contribution in [2.45, 2.75) is 51.5 Å². The van der Waals surface area contributed by atoms with Crippen molar-refractivity contribution in [3.63, 3.8) is 0 Å². The van der Waals surface area contributed by atoms with E-state index in [1.54, 1.807) is 65.7 Å². The molecule has 4 amide bonds. The quantitative estimate of drug-likeness (QED) is 0.0463. The number of nitrogens with zero attached hydrogens (tertiary/aromatic N) is 3. The number of amides is 4. The number of carbonyl (C=O) groups excluding carboxylic acids is 3. The number of piperazine rings is 1. The SMILES string of the molecule is COc1cc(Nc2cc(Oc3ccc(NC(=O)Nc4cc(C(C)(C)C)cc(NS(C)(=O)=O)c4OC)c4ccccc34)ccn2)ccc1C(=O)NCCN1CCN(C(=O)CCC[C@H](N)C(=O)O)CC1. The van der Waals surface area contributed by atoms with Gasteiger partial charge in [-0.2, -0.15) is 0 Å². The zero-order chi connectivity index (χ0) is 49.2. The fourth-order valence-corrected chi connectivity index (χ4v) is 8.12. The Morgan fingerprint density at radius 3 is 2.24 bits per heavy atom. The summed E-state index contributed by atoms with van der Waals surface area (Å²) in [5.74, 6) is 0.586. The first-order chi connectivity index (χ1) is 32.3. The summed E-state index contributed by atoms with van der Waals surface area (Å²) in [5, 5.41) is 22.3. The zero-order valence-electron chi connectivity index (χ0n) is 39.0. The van der Waals surface area contributed by atoms with Crippen molar-refractivity contribution < 1.29 is 46.9 Å². The monoisotopic (exact) mass is 953 g/mol. The first-order valence-corrected chi connectivity index (χ1v) is 23.9. The molecule has 1 saturated heterocycles. The van der Waals surface area contributed by atoms with Gasteiger partial charge in [-0.25, -0.2) is 18.2 Å². The number of benzene rings is 4. The molecule has 1 aliphatic heterocycles. The Bertz CT molecular complexity index is 2760. The number of rotatable bonds is 19. The highest BCUT2D eigenvalue weighted by atomic mass is 32.2. The number of sulfonamides is 1. The predicted octanol–water partition coefficient (Wildman–Crippen LogP) is 6.56. The molecule has 362 valence electrons. The molecule has 0 radical (unpaired) electrons. The van der Waals surface area contributed by atoms with Crippen molar-refractivity contribution in [2.75, 3.05) is 80.4 Å². The van der Waals surface area contributed by atoms with Crippen LogP contribution in [0.4, 0.5) is 33.4 Å². The van der Waals surface area contributed by atoms with Gasteiger partial charge in [0.25, 0.3) is 5.91 Å². The molecule has 1 aromatic heterocycles. The summed E-state index contributed by atoms with van der Waals surface area (Å²) >= 11 is 0. The van der Waals surface area contributed by atoms with Crippen LogP contribution in [0, 0.1) is 0 Å². The number of fused-ring (bicyclic) bond motifs is 1. The minimum atomic E-state index is -3.66. The molecule has 5 aromatic rings. The van der Waals surface area contributed by atoms with E-state index in [2.05, 4.69) is 35.9 Å². The molecule has 68 heavy (non-hydrogen) atoms. The first-order valence-electron chi connectivity index (χ1n) is 22.0. The van der Waals surface area contributed by atoms with Crippen LogP contribution in [0.1, 0.15) is 56.0 Å². The lowest BCUT2D eigenvalue weighted by Crippen LogP contribution is -2.50. The van der Waals surface area contributed by atoms with E-state index in [4.69, 9.17) is 25.1 Å². The van der Waals surface area contributed by atoms with E-state index in [0.717, 1.165) is 11.8 Å². The average Bonchev–Trinajstić information content (AvgIpc) is 3.29. The topological polar surface area (TPSA) is 256 Å². The number of carbonyl (C=O) groups is 4. The number of carboxylic acid groups (broad SMARTS) is 1. The summed E-state index contributed by atoms with van der Waals surface area (Å²) in [6.07, 6.45) is 3.57. The molecule has 0 bridgehead atoms. The summed E-state index contributed by atoms with van der Waals surface area (Å²) in [6.45, 7) is 9.33. The molecule has 6 rings (SSSR count). The van der Waals surface area contributed by atoms with E-state index in [-0.39, 0.29) is 47.2 Å². The number of hydrogen-bond acceptors (Lipinski definition) is 13. The zero-order valence-corrected chi connectivity index (χ0v) is 39.8. The summed E-state index contributed by atoms with van der Waals surface area (Å²) in [7, 11) is -0.780. The number of hydrogen-bond donors (Lipinski definition) is 7. The lowest BCUT2D eigenvalue weighted by Gasteiger charge is -2.34. The maximum atomic E-state index is 13.6. The molecule has 0 unspecified atom stereocenters. The van der Waals surface area contributed by atoms with Gasteiger partial charge in [-0.3, -0.25) is 24.0 Å². The van der Waals surface area contributed by atoms with Crippen molar-refractivity contribution in [2.24, 2.45) is 5.73 Å². The highest BCUT2D eigenvalue weighted by Crippen LogP contribution is 2.40. The highest BCUT2D eigenvalue weighted by molar-refractivity contribution is 7.92. The van der Waals surface area contributed by atoms with Crippen LogP contribution in [0.2, 0.25) is 0 Å². The third-order valence-corrected chi connectivity index (χ3v) is 11.8. The Hall–Kier alpha value is -7.16. The van der Waals surface area contributed by atoms with Gasteiger partial charge in [0.1, 0.15) is 29.1 Å². The van der Waals surface area contributed by atoms with E-state index in [0.29, 0.717) is 96.5 Å². The summed E-state index contributed by atoms with van der Waals surface area (Å²) < 4.78 is 44.4. The van der Waals surface area contributed by atoms with Crippen molar-refractivity contribution in [3.8, 4) is 23.0 Å². The van der Waals surface area contributed by atoms with Gasteiger partial charge in [0.05, 0.1) is 43.1 Å². The van der Waals surface area contributed by atoms with Crippen LogP contribution in [0.15, 0.2) is 85.1 Å². The second-order valence-electron chi connectivity index (χ2n) is 17.3. The van der Waals surface area contributed by atoms with Crippen molar-refractivity contribution >= 4 is 73.2 Å². The maximum Gasteiger partial charge on any atom is 0.323 e. The molecule has 0 saturated carbocycles. The van der Waals surface area contributed by atoms with Gasteiger partial charge >= 0.3 is 12.0 Å². The van der Waals surface area contributed by atoms with Gasteiger partial charge in [-0.15, -0.1) is 0 Å². The van der Waals surface area contributed by atoms with Crippen LogP contribution in [0.25, 0.3) is 10.8 Å². The molecule has 20 heteroatoms. The molecule has 1 aliphatic rings. The first kappa shape index (κ1) is 50.3. The Labute approximate surface area is 395 Å². The molecular formula is C48H59N9O10S. The number of urea groups is 1. The third kappa shape index (κ3) is 13.5. The lowest BCUT2D eigenvalue weighted by molar-refractivity contribution is -0.139. The van der Waals surface area contributed by atoms with Crippen LogP contribution in [0.5, 0.6) is 23.0 Å². The molecule has 2 heterocycles. The van der Waals surface area contributed by atoms with Gasteiger partial charge in [0.2, 0.25) is 15.9 Å². The molecular weight excluding hydrogens is 895 g/mol. The van der Waals surface area contributed by atoms with Crippen LogP contribution in [-0.2, 0) is 25.0 Å². The fraction of sp³-hybridized carbons (Fsp3) is 0.354.